The van der Waals surface area contributed by atoms with Crippen molar-refractivity contribution < 1.29 is 19.1 Å². The zero-order valence-electron chi connectivity index (χ0n) is 22.5. The van der Waals surface area contributed by atoms with Gasteiger partial charge in [-0.3, -0.25) is 9.59 Å². The van der Waals surface area contributed by atoms with Crippen LogP contribution >= 0.6 is 23.2 Å². The highest BCUT2D eigenvalue weighted by molar-refractivity contribution is 6.35. The number of benzene rings is 2. The second-order valence-corrected chi connectivity index (χ2v) is 11.9. The molecule has 4 aliphatic heterocycles. The number of carbonyl (C=O) groups excluding carboxylic acids is 2. The Labute approximate surface area is 246 Å². The molecule has 0 N–H and O–H groups in total. The third-order valence-electron chi connectivity index (χ3n) is 8.70. The van der Waals surface area contributed by atoms with E-state index in [9.17, 15) is 9.59 Å². The van der Waals surface area contributed by atoms with Crippen molar-refractivity contribution in [2.24, 2.45) is 11.8 Å². The Bertz CT molecular complexity index is 1570. The minimum atomic E-state index is -0.928. The van der Waals surface area contributed by atoms with Crippen molar-refractivity contribution in [3.05, 3.63) is 81.1 Å². The van der Waals surface area contributed by atoms with E-state index >= 15 is 0 Å². The van der Waals surface area contributed by atoms with E-state index in [2.05, 4.69) is 15.5 Å². The lowest BCUT2D eigenvalue weighted by Gasteiger charge is -2.33. The van der Waals surface area contributed by atoms with E-state index in [1.807, 2.05) is 44.2 Å². The zero-order chi connectivity index (χ0) is 28.5. The molecule has 2 aromatic carbocycles. The van der Waals surface area contributed by atoms with Gasteiger partial charge < -0.3 is 19.3 Å². The van der Waals surface area contributed by atoms with Gasteiger partial charge in [-0.1, -0.05) is 59.6 Å². The van der Waals surface area contributed by atoms with E-state index in [1.54, 1.807) is 32.7 Å². The number of halogens is 2. The van der Waals surface area contributed by atoms with Crippen LogP contribution < -0.4 is 0 Å². The highest BCUT2D eigenvalue weighted by atomic mass is 35.5. The smallest absolute Gasteiger partial charge is 0.230 e. The van der Waals surface area contributed by atoms with Gasteiger partial charge in [0.2, 0.25) is 11.8 Å². The molecule has 2 amide bonds. The molecule has 41 heavy (non-hydrogen) atoms. The molecule has 2 bridgehead atoms. The molecule has 0 unspecified atom stereocenters. The molecule has 3 fully saturated rings. The van der Waals surface area contributed by atoms with E-state index in [-0.39, 0.29) is 18.4 Å². The Morgan fingerprint density at radius 2 is 1.88 bits per heavy atom. The molecule has 5 atom stereocenters. The van der Waals surface area contributed by atoms with Gasteiger partial charge in [-0.2, -0.15) is 4.68 Å². The van der Waals surface area contributed by atoms with E-state index in [1.165, 1.54) is 0 Å². The van der Waals surface area contributed by atoms with Gasteiger partial charge in [-0.05, 0) is 47.5 Å². The maximum atomic E-state index is 14.5. The van der Waals surface area contributed by atoms with E-state index in [0.29, 0.717) is 47.7 Å². The summed E-state index contributed by atoms with van der Waals surface area (Å²) in [5.74, 6) is -1.15. The summed E-state index contributed by atoms with van der Waals surface area (Å²) in [7, 11) is 0. The van der Waals surface area contributed by atoms with Crippen LogP contribution in [0, 0.1) is 25.7 Å². The van der Waals surface area contributed by atoms with E-state index in [0.717, 1.165) is 16.8 Å². The van der Waals surface area contributed by atoms with Crippen molar-refractivity contribution in [1.29, 1.82) is 0 Å². The molecule has 212 valence electrons. The minimum absolute atomic E-state index is 0.0776. The fourth-order valence-corrected chi connectivity index (χ4v) is 7.37. The van der Waals surface area contributed by atoms with Crippen LogP contribution in [-0.4, -0.2) is 86.4 Å². The number of nitrogens with zero attached hydrogens (tertiary/aromatic N) is 6. The minimum Gasteiger partial charge on any atom is -0.378 e. The van der Waals surface area contributed by atoms with Crippen LogP contribution in [0.15, 0.2) is 48.6 Å². The van der Waals surface area contributed by atoms with Crippen molar-refractivity contribution >= 4 is 35.0 Å². The number of aromatic nitrogens is 4. The third-order valence-corrected chi connectivity index (χ3v) is 9.26. The highest BCUT2D eigenvalue weighted by Crippen LogP contribution is 2.54. The predicted octanol–water partition coefficient (Wildman–Crippen LogP) is 3.32. The van der Waals surface area contributed by atoms with Crippen LogP contribution in [0.4, 0.5) is 0 Å². The molecule has 5 heterocycles. The summed E-state index contributed by atoms with van der Waals surface area (Å²) >= 11 is 13.1. The number of likely N-dealkylation sites (tertiary alicyclic amines) is 1. The molecular formula is C29H28Cl2N6O4. The van der Waals surface area contributed by atoms with Crippen LogP contribution in [0.1, 0.15) is 28.6 Å². The Morgan fingerprint density at radius 1 is 1.12 bits per heavy atom. The topological polar surface area (TPSA) is 103 Å². The van der Waals surface area contributed by atoms with Gasteiger partial charge in [0.05, 0.1) is 43.4 Å². The number of hydrogen-bond acceptors (Lipinski definition) is 7. The van der Waals surface area contributed by atoms with E-state index in [4.69, 9.17) is 32.7 Å². The van der Waals surface area contributed by atoms with Gasteiger partial charge in [-0.15, -0.1) is 5.10 Å². The molecule has 10 nitrogen and oxygen atoms in total. The fraction of sp³-hybridized carbons (Fsp3) is 0.414. The molecule has 0 saturated carbocycles. The molecule has 7 rings (SSSR count). The van der Waals surface area contributed by atoms with Crippen LogP contribution in [0.3, 0.4) is 0 Å². The van der Waals surface area contributed by atoms with Crippen molar-refractivity contribution in [1.82, 2.24) is 30.0 Å². The maximum absolute atomic E-state index is 14.5. The molecular weight excluding hydrogens is 567 g/mol. The molecule has 4 aliphatic rings. The Hall–Kier alpha value is -3.31. The van der Waals surface area contributed by atoms with E-state index < -0.39 is 29.6 Å². The monoisotopic (exact) mass is 594 g/mol. The first-order valence-corrected chi connectivity index (χ1v) is 14.4. The van der Waals surface area contributed by atoms with Crippen LogP contribution in [-0.2, 0) is 19.1 Å². The summed E-state index contributed by atoms with van der Waals surface area (Å²) in [6, 6.07) is 10.4. The number of tetrazole rings is 1. The Balaban J connectivity index is 1.34. The summed E-state index contributed by atoms with van der Waals surface area (Å²) in [6.07, 6.45) is 3.42. The van der Waals surface area contributed by atoms with Gasteiger partial charge in [0.15, 0.2) is 5.82 Å². The van der Waals surface area contributed by atoms with Crippen molar-refractivity contribution in [2.45, 2.75) is 31.6 Å². The average molecular weight is 595 g/mol. The lowest BCUT2D eigenvalue weighted by molar-refractivity contribution is -0.146. The summed E-state index contributed by atoms with van der Waals surface area (Å²) in [5.41, 5.74) is 2.47. The fourth-order valence-electron chi connectivity index (χ4n) is 6.86. The molecule has 1 aromatic heterocycles. The lowest BCUT2D eigenvalue weighted by Crippen LogP contribution is -2.49. The van der Waals surface area contributed by atoms with Crippen molar-refractivity contribution in [3.63, 3.8) is 0 Å². The zero-order valence-corrected chi connectivity index (χ0v) is 24.0. The predicted molar refractivity (Wildman–Crippen MR) is 150 cm³/mol. The summed E-state index contributed by atoms with van der Waals surface area (Å²) in [6.45, 7) is 6.15. The Kier molecular flexibility index (Phi) is 6.42. The average Bonchev–Trinajstić information content (AvgIpc) is 3.72. The number of rotatable bonds is 5. The Morgan fingerprint density at radius 3 is 2.61 bits per heavy atom. The summed E-state index contributed by atoms with van der Waals surface area (Å²) < 4.78 is 13.6. The first-order valence-electron chi connectivity index (χ1n) is 13.6. The second-order valence-electron chi connectivity index (χ2n) is 11.1. The number of morpholine rings is 1. The summed E-state index contributed by atoms with van der Waals surface area (Å²) in [4.78, 5) is 31.8. The molecule has 12 heteroatoms. The van der Waals surface area contributed by atoms with Gasteiger partial charge >= 0.3 is 0 Å². The van der Waals surface area contributed by atoms with Crippen LogP contribution in [0.25, 0.3) is 5.69 Å². The third kappa shape index (κ3) is 4.11. The largest absolute Gasteiger partial charge is 0.378 e. The van der Waals surface area contributed by atoms with Crippen LogP contribution in [0.2, 0.25) is 10.0 Å². The number of amides is 2. The number of fused-ring (bicyclic) bond motifs is 1. The number of ether oxygens (including phenoxy) is 2. The molecule has 0 aliphatic carbocycles. The lowest BCUT2D eigenvalue weighted by atomic mass is 9.76. The van der Waals surface area contributed by atoms with Crippen LogP contribution in [0.5, 0.6) is 0 Å². The number of para-hydroxylation sites is 1. The number of carbonyl (C=O) groups is 2. The highest BCUT2D eigenvalue weighted by Gasteiger charge is 2.68. The normalized spacial score (nSPS) is 27.5. The quantitative estimate of drug-likeness (QED) is 0.417. The number of hydrogen-bond donors (Lipinski definition) is 0. The maximum Gasteiger partial charge on any atom is 0.230 e. The van der Waals surface area contributed by atoms with Gasteiger partial charge in [0, 0.05) is 28.7 Å². The number of aryl methyl sites for hydroxylation is 2. The van der Waals surface area contributed by atoms with Gasteiger partial charge in [0.25, 0.3) is 0 Å². The molecule has 0 radical (unpaired) electrons. The van der Waals surface area contributed by atoms with Gasteiger partial charge in [0.1, 0.15) is 11.6 Å². The summed E-state index contributed by atoms with van der Waals surface area (Å²) in [5, 5.41) is 13.7. The van der Waals surface area contributed by atoms with Crippen molar-refractivity contribution in [2.75, 3.05) is 32.8 Å². The van der Waals surface area contributed by atoms with Gasteiger partial charge in [-0.25, -0.2) is 0 Å². The van der Waals surface area contributed by atoms with Crippen molar-refractivity contribution in [3.8, 4) is 5.69 Å². The SMILES string of the molecule is Cc1cccc(C)c1-n1nnnc1[C@H](c1ccc(Cl)cc1Cl)N1C[C@@]23C=C[C@@H](O2)[C@H](C(=O)N2CCOCC2)[C@H]3C1=O. The first kappa shape index (κ1) is 26.6. The second kappa shape index (κ2) is 9.90. The molecule has 3 aromatic rings. The first-order chi connectivity index (χ1) is 19.8. The molecule has 3 saturated heterocycles. The standard InChI is InChI=1S/C29H28Cl2N6O4/c1-16-4-3-5-17(2)24(16)37-26(32-33-34-37)25(19-7-6-18(30)14-20(19)31)36-15-29-9-8-21(41-29)22(23(29)28(36)39)27(38)35-10-12-40-13-11-35/h3-9,14,21-23,25H,10-13,15H2,1-2H3/t21-,22+,23+,25+,29-/m1/s1. The molecule has 1 spiro atoms.